The molecule has 0 radical (unpaired) electrons. The monoisotopic (exact) mass is 209 g/mol. The second-order valence-corrected chi connectivity index (χ2v) is 4.16. The maximum Gasteiger partial charge on any atom is 0.0946 e. The molecule has 15 heavy (non-hydrogen) atoms. The predicted molar refractivity (Wildman–Crippen MR) is 58.4 cm³/mol. The zero-order valence-corrected chi connectivity index (χ0v) is 9.01. The van der Waals surface area contributed by atoms with E-state index in [-0.39, 0.29) is 12.1 Å². The van der Waals surface area contributed by atoms with Crippen LogP contribution >= 0.6 is 0 Å². The van der Waals surface area contributed by atoms with Gasteiger partial charge in [-0.25, -0.2) is 4.98 Å². The van der Waals surface area contributed by atoms with Crippen LogP contribution in [0.2, 0.25) is 0 Å². The lowest BCUT2D eigenvalue weighted by Gasteiger charge is -2.28. The molecule has 2 unspecified atom stereocenters. The number of nitrogens with zero attached hydrogens (tertiary/aromatic N) is 2. The molecule has 1 aromatic heterocycles. The summed E-state index contributed by atoms with van der Waals surface area (Å²) in [4.78, 5) is 3.99. The Hall–Kier alpha value is -0.870. The van der Waals surface area contributed by atoms with Gasteiger partial charge in [0.15, 0.2) is 0 Å². The van der Waals surface area contributed by atoms with Crippen LogP contribution < -0.4 is 5.73 Å². The Bertz CT molecular complexity index is 273. The average molecular weight is 209 g/mol. The molecule has 1 saturated carbocycles. The van der Waals surface area contributed by atoms with Crippen molar-refractivity contribution in [1.82, 2.24) is 9.55 Å². The number of imidazole rings is 1. The highest BCUT2D eigenvalue weighted by Gasteiger charge is 2.21. The summed E-state index contributed by atoms with van der Waals surface area (Å²) < 4.78 is 7.82. The lowest BCUT2D eigenvalue weighted by atomic mass is 9.93. The number of aromatic nitrogens is 2. The Balaban J connectivity index is 1.68. The smallest absolute Gasteiger partial charge is 0.0946 e. The van der Waals surface area contributed by atoms with Crippen molar-refractivity contribution >= 4 is 0 Å². The summed E-state index contributed by atoms with van der Waals surface area (Å²) in [5.41, 5.74) is 5.99. The first-order valence-corrected chi connectivity index (χ1v) is 5.69. The lowest BCUT2D eigenvalue weighted by molar-refractivity contribution is 0.0112. The molecule has 0 saturated heterocycles. The molecule has 0 aromatic carbocycles. The van der Waals surface area contributed by atoms with Gasteiger partial charge in [0.1, 0.15) is 0 Å². The topological polar surface area (TPSA) is 53.1 Å². The first kappa shape index (κ1) is 10.6. The molecule has 2 rings (SSSR count). The first-order chi connectivity index (χ1) is 7.36. The Morgan fingerprint density at radius 2 is 2.27 bits per heavy atom. The van der Waals surface area contributed by atoms with E-state index in [1.54, 1.807) is 6.20 Å². The fraction of sp³-hybridized carbons (Fsp3) is 0.727. The van der Waals surface area contributed by atoms with Crippen molar-refractivity contribution in [1.29, 1.82) is 0 Å². The standard InChI is InChI=1S/C11H19N3O/c12-10-3-1-2-4-11(10)15-8-7-14-6-5-13-9-14/h5-6,9-11H,1-4,7-8,12H2. The van der Waals surface area contributed by atoms with Crippen molar-refractivity contribution in [2.45, 2.75) is 44.4 Å². The van der Waals surface area contributed by atoms with Crippen molar-refractivity contribution in [2.24, 2.45) is 5.73 Å². The summed E-state index contributed by atoms with van der Waals surface area (Å²) in [5, 5.41) is 0. The summed E-state index contributed by atoms with van der Waals surface area (Å²) in [5.74, 6) is 0. The average Bonchev–Trinajstić information content (AvgIpc) is 2.74. The first-order valence-electron chi connectivity index (χ1n) is 5.69. The normalized spacial score (nSPS) is 26.7. The van der Waals surface area contributed by atoms with E-state index < -0.39 is 0 Å². The maximum atomic E-state index is 5.99. The molecule has 0 bridgehead atoms. The number of hydrogen-bond acceptors (Lipinski definition) is 3. The van der Waals surface area contributed by atoms with Gasteiger partial charge in [-0.15, -0.1) is 0 Å². The summed E-state index contributed by atoms with van der Waals surface area (Å²) >= 11 is 0. The SMILES string of the molecule is NC1CCCCC1OCCn1ccnc1. The molecule has 1 heterocycles. The summed E-state index contributed by atoms with van der Waals surface area (Å²) in [6.45, 7) is 1.60. The Morgan fingerprint density at radius 1 is 1.40 bits per heavy atom. The van der Waals surface area contributed by atoms with Crippen LogP contribution in [0.4, 0.5) is 0 Å². The molecule has 1 fully saturated rings. The molecule has 0 spiro atoms. The third-order valence-electron chi connectivity index (χ3n) is 2.99. The van der Waals surface area contributed by atoms with Crippen LogP contribution in [0, 0.1) is 0 Å². The van der Waals surface area contributed by atoms with Gasteiger partial charge < -0.3 is 15.0 Å². The molecule has 1 aliphatic carbocycles. The molecule has 84 valence electrons. The molecule has 1 aromatic rings. The van der Waals surface area contributed by atoms with E-state index >= 15 is 0 Å². The van der Waals surface area contributed by atoms with E-state index in [0.29, 0.717) is 0 Å². The van der Waals surface area contributed by atoms with Gasteiger partial charge in [-0.1, -0.05) is 12.8 Å². The largest absolute Gasteiger partial charge is 0.375 e. The molecule has 1 aliphatic rings. The van der Waals surface area contributed by atoms with Crippen molar-refractivity contribution in [3.8, 4) is 0 Å². The van der Waals surface area contributed by atoms with Gasteiger partial charge in [-0.05, 0) is 12.8 Å². The van der Waals surface area contributed by atoms with Gasteiger partial charge >= 0.3 is 0 Å². The van der Waals surface area contributed by atoms with E-state index in [0.717, 1.165) is 26.0 Å². The minimum Gasteiger partial charge on any atom is -0.375 e. The van der Waals surface area contributed by atoms with E-state index in [4.69, 9.17) is 10.5 Å². The summed E-state index contributed by atoms with van der Waals surface area (Å²) in [7, 11) is 0. The number of ether oxygens (including phenoxy) is 1. The van der Waals surface area contributed by atoms with Gasteiger partial charge in [-0.3, -0.25) is 0 Å². The van der Waals surface area contributed by atoms with Crippen LogP contribution in [-0.2, 0) is 11.3 Å². The second kappa shape index (κ2) is 5.28. The summed E-state index contributed by atoms with van der Waals surface area (Å²) in [6, 6.07) is 0.238. The molecule has 2 atom stereocenters. The van der Waals surface area contributed by atoms with Crippen LogP contribution in [0.15, 0.2) is 18.7 Å². The van der Waals surface area contributed by atoms with Crippen LogP contribution in [0.5, 0.6) is 0 Å². The highest BCUT2D eigenvalue weighted by molar-refractivity contribution is 4.79. The van der Waals surface area contributed by atoms with Crippen LogP contribution in [0.1, 0.15) is 25.7 Å². The van der Waals surface area contributed by atoms with Crippen LogP contribution in [-0.4, -0.2) is 28.3 Å². The third-order valence-corrected chi connectivity index (χ3v) is 2.99. The van der Waals surface area contributed by atoms with E-state index in [9.17, 15) is 0 Å². The maximum absolute atomic E-state index is 5.99. The second-order valence-electron chi connectivity index (χ2n) is 4.16. The molecule has 4 nitrogen and oxygen atoms in total. The van der Waals surface area contributed by atoms with Crippen LogP contribution in [0.3, 0.4) is 0 Å². The Labute approximate surface area is 90.4 Å². The summed E-state index contributed by atoms with van der Waals surface area (Å²) in [6.07, 6.45) is 10.5. The molecular formula is C11H19N3O. The van der Waals surface area contributed by atoms with Gasteiger partial charge in [0.25, 0.3) is 0 Å². The molecule has 2 N–H and O–H groups in total. The van der Waals surface area contributed by atoms with Gasteiger partial charge in [-0.2, -0.15) is 0 Å². The number of hydrogen-bond donors (Lipinski definition) is 1. The van der Waals surface area contributed by atoms with Gasteiger partial charge in [0, 0.05) is 25.0 Å². The highest BCUT2D eigenvalue weighted by Crippen LogP contribution is 2.19. The minimum absolute atomic E-state index is 0.238. The van der Waals surface area contributed by atoms with Crippen LogP contribution in [0.25, 0.3) is 0 Å². The lowest BCUT2D eigenvalue weighted by Crippen LogP contribution is -2.39. The Morgan fingerprint density at radius 3 is 3.00 bits per heavy atom. The van der Waals surface area contributed by atoms with E-state index in [2.05, 4.69) is 4.98 Å². The van der Waals surface area contributed by atoms with E-state index in [1.807, 2.05) is 17.1 Å². The zero-order chi connectivity index (χ0) is 10.5. The number of rotatable bonds is 4. The van der Waals surface area contributed by atoms with Crippen molar-refractivity contribution in [3.63, 3.8) is 0 Å². The van der Waals surface area contributed by atoms with Crippen molar-refractivity contribution in [3.05, 3.63) is 18.7 Å². The molecular weight excluding hydrogens is 190 g/mol. The quantitative estimate of drug-likeness (QED) is 0.810. The molecule has 0 amide bonds. The third kappa shape index (κ3) is 3.04. The minimum atomic E-state index is 0.238. The van der Waals surface area contributed by atoms with Gasteiger partial charge in [0.05, 0.1) is 19.0 Å². The fourth-order valence-electron chi connectivity index (χ4n) is 2.06. The highest BCUT2D eigenvalue weighted by atomic mass is 16.5. The molecule has 4 heteroatoms. The predicted octanol–water partition coefficient (Wildman–Crippen LogP) is 1.17. The molecule has 0 aliphatic heterocycles. The fourth-order valence-corrected chi connectivity index (χ4v) is 2.06. The van der Waals surface area contributed by atoms with E-state index in [1.165, 1.54) is 12.8 Å². The zero-order valence-electron chi connectivity index (χ0n) is 9.01. The van der Waals surface area contributed by atoms with Crippen molar-refractivity contribution < 1.29 is 4.74 Å². The van der Waals surface area contributed by atoms with Crippen molar-refractivity contribution in [2.75, 3.05) is 6.61 Å². The Kier molecular flexibility index (Phi) is 3.75. The number of nitrogens with two attached hydrogens (primary N) is 1. The van der Waals surface area contributed by atoms with Gasteiger partial charge in [0.2, 0.25) is 0 Å².